The average molecular weight is 1010 g/mol. The van der Waals surface area contributed by atoms with Gasteiger partial charge in [-0.1, -0.05) is 139 Å². The Morgan fingerprint density at radius 3 is 1.24 bits per heavy atom. The number of anilines is 6. The third-order valence-electron chi connectivity index (χ3n) is 17.7. The van der Waals surface area contributed by atoms with Gasteiger partial charge in [-0.2, -0.15) is 0 Å². The first-order valence-electron chi connectivity index (χ1n) is 27.4. The molecule has 2 aromatic heterocycles. The van der Waals surface area contributed by atoms with E-state index >= 15 is 0 Å². The van der Waals surface area contributed by atoms with Crippen molar-refractivity contribution in [3.8, 4) is 56.3 Å². The fourth-order valence-corrected chi connectivity index (χ4v) is 13.4. The van der Waals surface area contributed by atoms with Crippen LogP contribution in [0, 0.1) is 5.92 Å². The van der Waals surface area contributed by atoms with Gasteiger partial charge in [0.25, 0.3) is 0 Å². The molecule has 4 aliphatic rings. The van der Waals surface area contributed by atoms with E-state index in [2.05, 4.69) is 240 Å². The zero-order chi connectivity index (χ0) is 52.8. The van der Waals surface area contributed by atoms with Gasteiger partial charge in [-0.15, -0.1) is 0 Å². The van der Waals surface area contributed by atoms with Gasteiger partial charge < -0.3 is 18.6 Å². The Morgan fingerprint density at radius 1 is 0.397 bits per heavy atom. The Bertz CT molecular complexity index is 4270. The summed E-state index contributed by atoms with van der Waals surface area (Å²) in [6, 6.07) is 71.4. The van der Waals surface area contributed by atoms with Crippen LogP contribution in [0.5, 0.6) is 0 Å². The predicted octanol–water partition coefficient (Wildman–Crippen LogP) is 19.2. The molecule has 4 aliphatic carbocycles. The Kier molecular flexibility index (Phi) is 9.95. The molecule has 78 heavy (non-hydrogen) atoms. The lowest BCUT2D eigenvalue weighted by Gasteiger charge is -2.30. The third kappa shape index (κ3) is 6.94. The molecule has 0 radical (unpaired) electrons. The molecule has 2 heterocycles. The number of oxazole rings is 2. The molecule has 0 saturated heterocycles. The van der Waals surface area contributed by atoms with Gasteiger partial charge >= 0.3 is 0 Å². The SMILES string of the molecule is CC1C=Cc2nc(-c3ccc(N(c4ccc5c(c4)C(C)(C)c4ccccc4-5)c4ccc5c(c4)C(C)(C)c4cc(N(c6ccc(-c7nc8ccccc8o7)cc6)c6ccc7c(c6)C(C)(C)c6ccccc6-7)ccc4-5)cc3)oc2C1. The van der Waals surface area contributed by atoms with Crippen LogP contribution in [-0.2, 0) is 22.7 Å². The second-order valence-electron chi connectivity index (χ2n) is 23.5. The number of para-hydroxylation sites is 2. The second-order valence-corrected chi connectivity index (χ2v) is 23.5. The lowest BCUT2D eigenvalue weighted by molar-refractivity contribution is 0.490. The molecule has 378 valence electrons. The zero-order valence-electron chi connectivity index (χ0n) is 45.0. The normalized spacial score (nSPS) is 16.2. The predicted molar refractivity (Wildman–Crippen MR) is 319 cm³/mol. The molecule has 0 saturated carbocycles. The molecular weight excluding hydrogens is 953 g/mol. The van der Waals surface area contributed by atoms with E-state index in [-0.39, 0.29) is 16.2 Å². The molecule has 9 aromatic carbocycles. The van der Waals surface area contributed by atoms with E-state index in [1.807, 2.05) is 24.3 Å². The molecule has 1 atom stereocenters. The lowest BCUT2D eigenvalue weighted by Crippen LogP contribution is -2.18. The average Bonchev–Trinajstić information content (AvgIpc) is 4.45. The summed E-state index contributed by atoms with van der Waals surface area (Å²) in [6.07, 6.45) is 5.18. The van der Waals surface area contributed by atoms with Crippen LogP contribution in [0.4, 0.5) is 34.1 Å². The summed E-state index contributed by atoms with van der Waals surface area (Å²) in [6.45, 7) is 16.4. The highest BCUT2D eigenvalue weighted by atomic mass is 16.4. The second kappa shape index (κ2) is 16.7. The lowest BCUT2D eigenvalue weighted by atomic mass is 9.81. The highest BCUT2D eigenvalue weighted by Gasteiger charge is 2.40. The van der Waals surface area contributed by atoms with Crippen LogP contribution < -0.4 is 9.80 Å². The molecule has 6 heteroatoms. The Morgan fingerprint density at radius 2 is 0.782 bits per heavy atom. The Balaban J connectivity index is 0.832. The van der Waals surface area contributed by atoms with Crippen molar-refractivity contribution in [2.75, 3.05) is 9.80 Å². The summed E-state index contributed by atoms with van der Waals surface area (Å²) in [4.78, 5) is 14.6. The van der Waals surface area contributed by atoms with E-state index < -0.39 is 0 Å². The monoisotopic (exact) mass is 1010 g/mol. The van der Waals surface area contributed by atoms with Crippen molar-refractivity contribution < 1.29 is 8.83 Å². The standard InChI is InChI=1S/C72H58N4O2/c1-43-20-37-65-67(38-43)78-69(74-65)45-23-27-47(28-24-45)76(49-30-34-55-53-15-9-11-17-59(53)71(4,5)61(55)40-49)51-32-36-57-56-35-31-50(41-62(56)72(6,7)63(57)42-51)75(46-25-21-44(22-26-46)68-73-64-18-12-13-19-66(64)77-68)48-29-33-54-52-14-8-10-16-58(52)70(2,3)60(54)39-48/h8-37,39-43H,38H2,1-7H3. The van der Waals surface area contributed by atoms with Gasteiger partial charge in [-0.3, -0.25) is 0 Å². The molecule has 0 fully saturated rings. The number of allylic oxidation sites excluding steroid dienone is 1. The zero-order valence-corrected chi connectivity index (χ0v) is 45.0. The van der Waals surface area contributed by atoms with Gasteiger partial charge in [0.15, 0.2) is 5.58 Å². The molecule has 15 rings (SSSR count). The minimum Gasteiger partial charge on any atom is -0.441 e. The van der Waals surface area contributed by atoms with Gasteiger partial charge in [0.1, 0.15) is 17.0 Å². The highest BCUT2D eigenvalue weighted by molar-refractivity contribution is 5.92. The summed E-state index contributed by atoms with van der Waals surface area (Å²) in [5.74, 6) is 2.66. The summed E-state index contributed by atoms with van der Waals surface area (Å²) in [5, 5.41) is 0. The molecule has 0 aliphatic heterocycles. The van der Waals surface area contributed by atoms with E-state index in [0.29, 0.717) is 17.7 Å². The van der Waals surface area contributed by atoms with Crippen LogP contribution in [0.1, 0.15) is 93.3 Å². The fourth-order valence-electron chi connectivity index (χ4n) is 13.4. The fraction of sp³-hybridized carbons (Fsp3) is 0.167. The number of rotatable bonds is 8. The first kappa shape index (κ1) is 46.3. The highest BCUT2D eigenvalue weighted by Crippen LogP contribution is 2.56. The van der Waals surface area contributed by atoms with Crippen LogP contribution in [0.15, 0.2) is 209 Å². The van der Waals surface area contributed by atoms with E-state index in [4.69, 9.17) is 18.8 Å². The molecular formula is C72H58N4O2. The van der Waals surface area contributed by atoms with Gasteiger partial charge in [-0.05, 0) is 188 Å². The quantitative estimate of drug-likeness (QED) is 0.151. The maximum absolute atomic E-state index is 6.40. The van der Waals surface area contributed by atoms with E-state index in [1.165, 1.54) is 66.8 Å². The first-order chi connectivity index (χ1) is 37.8. The topological polar surface area (TPSA) is 58.5 Å². The molecule has 6 nitrogen and oxygen atoms in total. The summed E-state index contributed by atoms with van der Waals surface area (Å²) >= 11 is 0. The van der Waals surface area contributed by atoms with Crippen LogP contribution in [-0.4, -0.2) is 9.97 Å². The number of hydrogen-bond donors (Lipinski definition) is 0. The van der Waals surface area contributed by atoms with Crippen molar-refractivity contribution >= 4 is 51.3 Å². The molecule has 11 aromatic rings. The van der Waals surface area contributed by atoms with Crippen molar-refractivity contribution in [3.05, 3.63) is 245 Å². The van der Waals surface area contributed by atoms with Crippen molar-refractivity contribution in [3.63, 3.8) is 0 Å². The third-order valence-corrected chi connectivity index (χ3v) is 17.7. The van der Waals surface area contributed by atoms with Crippen LogP contribution in [0.3, 0.4) is 0 Å². The molecule has 0 spiro atoms. The summed E-state index contributed by atoms with van der Waals surface area (Å²) in [7, 11) is 0. The Hall–Kier alpha value is -9.00. The number of aromatic nitrogens is 2. The van der Waals surface area contributed by atoms with E-state index in [0.717, 1.165) is 74.2 Å². The van der Waals surface area contributed by atoms with Gasteiger partial charge in [0.2, 0.25) is 11.8 Å². The maximum atomic E-state index is 6.40. The minimum absolute atomic E-state index is 0.157. The number of fused-ring (bicyclic) bond motifs is 11. The number of nitrogens with zero attached hydrogens (tertiary/aromatic N) is 4. The first-order valence-corrected chi connectivity index (χ1v) is 27.4. The largest absolute Gasteiger partial charge is 0.441 e. The summed E-state index contributed by atoms with van der Waals surface area (Å²) < 4.78 is 12.6. The van der Waals surface area contributed by atoms with E-state index in [1.54, 1.807) is 0 Å². The van der Waals surface area contributed by atoms with Crippen molar-refractivity contribution in [2.45, 2.75) is 71.1 Å². The van der Waals surface area contributed by atoms with Crippen molar-refractivity contribution in [1.29, 1.82) is 0 Å². The van der Waals surface area contributed by atoms with Crippen LogP contribution in [0.25, 0.3) is 73.5 Å². The van der Waals surface area contributed by atoms with Crippen LogP contribution in [0.2, 0.25) is 0 Å². The Labute approximate surface area is 456 Å². The smallest absolute Gasteiger partial charge is 0.227 e. The molecule has 0 amide bonds. The van der Waals surface area contributed by atoms with Gasteiger partial charge in [0.05, 0.1) is 0 Å². The van der Waals surface area contributed by atoms with Crippen LogP contribution >= 0.6 is 0 Å². The molecule has 0 N–H and O–H groups in total. The van der Waals surface area contributed by atoms with E-state index in [9.17, 15) is 0 Å². The summed E-state index contributed by atoms with van der Waals surface area (Å²) in [5.41, 5.74) is 26.0. The minimum atomic E-state index is -0.339. The molecule has 0 bridgehead atoms. The van der Waals surface area contributed by atoms with Gasteiger partial charge in [0, 0.05) is 67.9 Å². The number of benzene rings is 9. The van der Waals surface area contributed by atoms with Crippen molar-refractivity contribution in [1.82, 2.24) is 9.97 Å². The molecule has 1 unspecified atom stereocenters. The maximum Gasteiger partial charge on any atom is 0.227 e. The van der Waals surface area contributed by atoms with Gasteiger partial charge in [-0.25, -0.2) is 9.97 Å². The van der Waals surface area contributed by atoms with Crippen molar-refractivity contribution in [2.24, 2.45) is 5.92 Å². The number of hydrogen-bond acceptors (Lipinski definition) is 6.